The van der Waals surface area contributed by atoms with Crippen LogP contribution in [0.3, 0.4) is 0 Å². The zero-order chi connectivity index (χ0) is 23.3. The predicted molar refractivity (Wildman–Crippen MR) is 119 cm³/mol. The van der Waals surface area contributed by atoms with Crippen LogP contribution in [0.25, 0.3) is 0 Å². The number of dihydropyridines is 1. The summed E-state index contributed by atoms with van der Waals surface area (Å²) in [6.07, 6.45) is 0. The average Bonchev–Trinajstić information content (AvgIpc) is 2.81. The third-order valence-electron chi connectivity index (χ3n) is 5.33. The van der Waals surface area contributed by atoms with Gasteiger partial charge < -0.3 is 24.3 Å². The maximum Gasteiger partial charge on any atom is 0.336 e. The fourth-order valence-corrected chi connectivity index (χ4v) is 3.81. The van der Waals surface area contributed by atoms with Gasteiger partial charge in [0.05, 0.1) is 38.4 Å². The van der Waals surface area contributed by atoms with Crippen LogP contribution in [0.1, 0.15) is 30.9 Å². The third-order valence-corrected chi connectivity index (χ3v) is 5.33. The Labute approximate surface area is 187 Å². The zero-order valence-electron chi connectivity index (χ0n) is 18.9. The number of methoxy groups -OCH3 is 3. The highest BCUT2D eigenvalue weighted by molar-refractivity contribution is 5.99. The highest BCUT2D eigenvalue weighted by Gasteiger charge is 2.38. The Hall–Kier alpha value is -3.74. The number of hydrogen-bond acceptors (Lipinski definition) is 7. The summed E-state index contributed by atoms with van der Waals surface area (Å²) < 4.78 is 21.5. The van der Waals surface area contributed by atoms with E-state index in [4.69, 9.17) is 18.9 Å². The molecule has 0 atom stereocenters. The number of carbonyl (C=O) groups excluding carboxylic acids is 2. The molecule has 3 rings (SSSR count). The number of nitrogens with one attached hydrogen (secondary N) is 1. The van der Waals surface area contributed by atoms with Crippen LogP contribution in [0.5, 0.6) is 11.5 Å². The van der Waals surface area contributed by atoms with Crippen molar-refractivity contribution >= 4 is 11.9 Å². The van der Waals surface area contributed by atoms with Crippen LogP contribution in [0, 0.1) is 0 Å². The summed E-state index contributed by atoms with van der Waals surface area (Å²) in [7, 11) is 4.16. The topological polar surface area (TPSA) is 83.1 Å². The summed E-state index contributed by atoms with van der Waals surface area (Å²) >= 11 is 0. The second kappa shape index (κ2) is 10.0. The lowest BCUT2D eigenvalue weighted by molar-refractivity contribution is -0.137. The molecule has 0 fully saturated rings. The van der Waals surface area contributed by atoms with Crippen molar-refractivity contribution in [2.45, 2.75) is 26.4 Å². The first-order chi connectivity index (χ1) is 15.4. The van der Waals surface area contributed by atoms with E-state index >= 15 is 0 Å². The molecule has 2 aromatic carbocycles. The summed E-state index contributed by atoms with van der Waals surface area (Å²) in [5, 5.41) is 3.09. The maximum absolute atomic E-state index is 12.7. The molecule has 0 bridgehead atoms. The van der Waals surface area contributed by atoms with Gasteiger partial charge in [0.2, 0.25) is 0 Å². The Morgan fingerprint density at radius 1 is 0.844 bits per heavy atom. The summed E-state index contributed by atoms with van der Waals surface area (Å²) in [6, 6.07) is 15.1. The van der Waals surface area contributed by atoms with Crippen LogP contribution in [0.4, 0.5) is 0 Å². The molecule has 168 valence electrons. The monoisotopic (exact) mass is 437 g/mol. The summed E-state index contributed by atoms with van der Waals surface area (Å²) in [5.41, 5.74) is 3.58. The van der Waals surface area contributed by atoms with Crippen molar-refractivity contribution < 1.29 is 28.5 Å². The van der Waals surface area contributed by atoms with E-state index in [9.17, 15) is 9.59 Å². The minimum atomic E-state index is -0.687. The summed E-state index contributed by atoms with van der Waals surface area (Å²) in [4.78, 5) is 25.3. The predicted octanol–water partition coefficient (Wildman–Crippen LogP) is 3.86. The fourth-order valence-electron chi connectivity index (χ4n) is 3.81. The van der Waals surface area contributed by atoms with Crippen LogP contribution in [0.15, 0.2) is 71.1 Å². The molecule has 32 heavy (non-hydrogen) atoms. The highest BCUT2D eigenvalue weighted by atomic mass is 16.5. The van der Waals surface area contributed by atoms with Crippen molar-refractivity contribution in [3.05, 3.63) is 82.2 Å². The van der Waals surface area contributed by atoms with Crippen LogP contribution in [-0.2, 0) is 25.7 Å². The van der Waals surface area contributed by atoms with E-state index in [0.29, 0.717) is 46.2 Å². The standard InChI is InChI=1S/C25H27NO6/c1-15-21(24(27)30-4)23(22(16(2)26-15)25(28)31-5)18-11-12-19(20(13-18)29-3)32-14-17-9-7-6-8-10-17/h6-13,23,26H,14H2,1-5H3. The molecule has 0 radical (unpaired) electrons. The molecule has 7 nitrogen and oxygen atoms in total. The van der Waals surface area contributed by atoms with Gasteiger partial charge in [0.25, 0.3) is 0 Å². The Balaban J connectivity index is 2.04. The van der Waals surface area contributed by atoms with Crippen LogP contribution < -0.4 is 14.8 Å². The van der Waals surface area contributed by atoms with Gasteiger partial charge in [-0.2, -0.15) is 0 Å². The van der Waals surface area contributed by atoms with E-state index in [0.717, 1.165) is 5.56 Å². The molecular formula is C25H27NO6. The van der Waals surface area contributed by atoms with Gasteiger partial charge in [0.15, 0.2) is 11.5 Å². The fraction of sp³-hybridized carbons (Fsp3) is 0.280. The smallest absolute Gasteiger partial charge is 0.336 e. The lowest BCUT2D eigenvalue weighted by atomic mass is 9.80. The number of ether oxygens (including phenoxy) is 4. The van der Waals surface area contributed by atoms with Gasteiger partial charge in [-0.25, -0.2) is 9.59 Å². The Morgan fingerprint density at radius 3 is 1.97 bits per heavy atom. The van der Waals surface area contributed by atoms with Crippen LogP contribution in [0.2, 0.25) is 0 Å². The lowest BCUT2D eigenvalue weighted by Crippen LogP contribution is -2.32. The van der Waals surface area contributed by atoms with Gasteiger partial charge >= 0.3 is 11.9 Å². The van der Waals surface area contributed by atoms with E-state index in [-0.39, 0.29) is 0 Å². The molecule has 1 heterocycles. The molecule has 1 aliphatic rings. The minimum Gasteiger partial charge on any atom is -0.493 e. The first-order valence-electron chi connectivity index (χ1n) is 10.1. The lowest BCUT2D eigenvalue weighted by Gasteiger charge is -2.30. The van der Waals surface area contributed by atoms with Crippen molar-refractivity contribution in [1.29, 1.82) is 0 Å². The van der Waals surface area contributed by atoms with Gasteiger partial charge in [-0.15, -0.1) is 0 Å². The first kappa shape index (κ1) is 22.9. The number of benzene rings is 2. The Bertz CT molecular complexity index is 1030. The quantitative estimate of drug-likeness (QED) is 0.659. The molecule has 0 saturated carbocycles. The number of rotatable bonds is 7. The normalized spacial score (nSPS) is 14.0. The van der Waals surface area contributed by atoms with E-state index in [1.807, 2.05) is 36.4 Å². The molecule has 0 saturated heterocycles. The molecule has 1 aliphatic heterocycles. The SMILES string of the molecule is COC(=O)C1=C(C)NC(C)=C(C(=O)OC)C1c1ccc(OCc2ccccc2)c(OC)c1. The van der Waals surface area contributed by atoms with Gasteiger partial charge in [0, 0.05) is 11.4 Å². The molecular weight excluding hydrogens is 410 g/mol. The molecule has 0 aromatic heterocycles. The molecule has 0 spiro atoms. The molecule has 0 amide bonds. The molecule has 7 heteroatoms. The van der Waals surface area contributed by atoms with Gasteiger partial charge in [-0.05, 0) is 37.1 Å². The minimum absolute atomic E-state index is 0.332. The number of esters is 2. The second-order valence-electron chi connectivity index (χ2n) is 7.30. The molecule has 0 unspecified atom stereocenters. The second-order valence-corrected chi connectivity index (χ2v) is 7.30. The first-order valence-corrected chi connectivity index (χ1v) is 10.1. The van der Waals surface area contributed by atoms with Gasteiger partial charge in [-0.3, -0.25) is 0 Å². The summed E-state index contributed by atoms with van der Waals surface area (Å²) in [5.74, 6) is -0.710. The zero-order valence-corrected chi connectivity index (χ0v) is 18.9. The van der Waals surface area contributed by atoms with Crippen molar-refractivity contribution in [2.75, 3.05) is 21.3 Å². The van der Waals surface area contributed by atoms with Crippen molar-refractivity contribution in [3.8, 4) is 11.5 Å². The van der Waals surface area contributed by atoms with Crippen molar-refractivity contribution in [2.24, 2.45) is 0 Å². The average molecular weight is 437 g/mol. The van der Waals surface area contributed by atoms with Crippen LogP contribution in [-0.4, -0.2) is 33.3 Å². The van der Waals surface area contributed by atoms with E-state index in [1.54, 1.807) is 33.1 Å². The number of carbonyl (C=O) groups is 2. The van der Waals surface area contributed by atoms with E-state index in [2.05, 4.69) is 5.32 Å². The maximum atomic E-state index is 12.7. The largest absolute Gasteiger partial charge is 0.493 e. The molecule has 1 N–H and O–H groups in total. The number of hydrogen-bond donors (Lipinski definition) is 1. The van der Waals surface area contributed by atoms with E-state index in [1.165, 1.54) is 14.2 Å². The third kappa shape index (κ3) is 4.61. The van der Waals surface area contributed by atoms with Crippen molar-refractivity contribution in [3.63, 3.8) is 0 Å². The Kier molecular flexibility index (Phi) is 7.20. The molecule has 0 aliphatic carbocycles. The van der Waals surface area contributed by atoms with Crippen LogP contribution >= 0.6 is 0 Å². The molecule has 2 aromatic rings. The van der Waals surface area contributed by atoms with Gasteiger partial charge in [-0.1, -0.05) is 36.4 Å². The Morgan fingerprint density at radius 2 is 1.44 bits per heavy atom. The van der Waals surface area contributed by atoms with Crippen molar-refractivity contribution in [1.82, 2.24) is 5.32 Å². The summed E-state index contributed by atoms with van der Waals surface area (Å²) in [6.45, 7) is 3.92. The van der Waals surface area contributed by atoms with E-state index < -0.39 is 17.9 Å². The van der Waals surface area contributed by atoms with Gasteiger partial charge in [0.1, 0.15) is 6.61 Å². The highest BCUT2D eigenvalue weighted by Crippen LogP contribution is 2.42. The number of allylic oxidation sites excluding steroid dienone is 2.